The molecule has 0 aliphatic heterocycles. The number of benzene rings is 1. The molecule has 0 saturated carbocycles. The van der Waals surface area contributed by atoms with Gasteiger partial charge in [-0.3, -0.25) is 4.79 Å². The van der Waals surface area contributed by atoms with Crippen LogP contribution in [0.25, 0.3) is 5.69 Å². The number of nitrogens with one attached hydrogen (secondary N) is 1. The van der Waals surface area contributed by atoms with E-state index in [1.807, 2.05) is 30.3 Å². The van der Waals surface area contributed by atoms with Crippen LogP contribution in [0.15, 0.2) is 41.8 Å². The number of carbonyl (C=O) groups is 1. The van der Waals surface area contributed by atoms with Crippen LogP contribution in [0.5, 0.6) is 5.75 Å². The van der Waals surface area contributed by atoms with Crippen LogP contribution in [0.2, 0.25) is 0 Å². The van der Waals surface area contributed by atoms with E-state index in [9.17, 15) is 9.90 Å². The molecule has 2 aromatic heterocycles. The summed E-state index contributed by atoms with van der Waals surface area (Å²) in [5.41, 5.74) is 0.817. The SMILES string of the molecule is C[C@@H](NC(=O)c1cc(O)cs1)c1nnnn1-c1ccccc1. The van der Waals surface area contributed by atoms with Crippen molar-refractivity contribution < 1.29 is 9.90 Å². The smallest absolute Gasteiger partial charge is 0.262 e. The number of amides is 1. The van der Waals surface area contributed by atoms with Gasteiger partial charge in [0.25, 0.3) is 5.91 Å². The van der Waals surface area contributed by atoms with E-state index in [0.29, 0.717) is 10.7 Å². The van der Waals surface area contributed by atoms with Gasteiger partial charge in [-0.2, -0.15) is 4.68 Å². The van der Waals surface area contributed by atoms with Gasteiger partial charge in [0.1, 0.15) is 5.75 Å². The van der Waals surface area contributed by atoms with Crippen LogP contribution in [-0.2, 0) is 0 Å². The highest BCUT2D eigenvalue weighted by atomic mass is 32.1. The molecule has 0 radical (unpaired) electrons. The summed E-state index contributed by atoms with van der Waals surface area (Å²) in [5.74, 6) is 0.331. The van der Waals surface area contributed by atoms with Crippen molar-refractivity contribution in [1.29, 1.82) is 0 Å². The van der Waals surface area contributed by atoms with E-state index < -0.39 is 0 Å². The fraction of sp³-hybridized carbons (Fsp3) is 0.143. The van der Waals surface area contributed by atoms with Gasteiger partial charge in [0.15, 0.2) is 5.82 Å². The summed E-state index contributed by atoms with van der Waals surface area (Å²) >= 11 is 1.18. The van der Waals surface area contributed by atoms with Crippen molar-refractivity contribution >= 4 is 17.2 Å². The Hall–Kier alpha value is -2.74. The lowest BCUT2D eigenvalue weighted by Crippen LogP contribution is -2.28. The van der Waals surface area contributed by atoms with Crippen molar-refractivity contribution in [3.05, 3.63) is 52.5 Å². The second kappa shape index (κ2) is 5.94. The molecule has 3 rings (SSSR count). The van der Waals surface area contributed by atoms with E-state index in [2.05, 4.69) is 20.8 Å². The molecule has 22 heavy (non-hydrogen) atoms. The molecule has 8 heteroatoms. The second-order valence-corrected chi connectivity index (χ2v) is 5.56. The van der Waals surface area contributed by atoms with E-state index in [0.717, 1.165) is 5.69 Å². The Balaban J connectivity index is 1.80. The number of aromatic nitrogens is 4. The zero-order valence-corrected chi connectivity index (χ0v) is 12.5. The monoisotopic (exact) mass is 315 g/mol. The molecule has 0 bridgehead atoms. The van der Waals surface area contributed by atoms with E-state index in [1.54, 1.807) is 11.6 Å². The molecule has 0 unspecified atom stereocenters. The van der Waals surface area contributed by atoms with Crippen molar-refractivity contribution in [2.75, 3.05) is 0 Å². The maximum Gasteiger partial charge on any atom is 0.262 e. The molecule has 1 atom stereocenters. The molecule has 1 aromatic carbocycles. The summed E-state index contributed by atoms with van der Waals surface area (Å²) in [7, 11) is 0. The van der Waals surface area contributed by atoms with Crippen LogP contribution in [0.3, 0.4) is 0 Å². The highest BCUT2D eigenvalue weighted by molar-refractivity contribution is 7.12. The third kappa shape index (κ3) is 2.82. The third-order valence-corrected chi connectivity index (χ3v) is 3.96. The number of para-hydroxylation sites is 1. The number of tetrazole rings is 1. The summed E-state index contributed by atoms with van der Waals surface area (Å²) in [6.45, 7) is 1.80. The largest absolute Gasteiger partial charge is 0.507 e. The van der Waals surface area contributed by atoms with Gasteiger partial charge in [-0.15, -0.1) is 16.4 Å². The average molecular weight is 315 g/mol. The molecular formula is C14H13N5O2S. The van der Waals surface area contributed by atoms with Crippen molar-refractivity contribution in [1.82, 2.24) is 25.5 Å². The molecule has 0 spiro atoms. The molecule has 1 amide bonds. The van der Waals surface area contributed by atoms with E-state index >= 15 is 0 Å². The van der Waals surface area contributed by atoms with Gasteiger partial charge in [-0.1, -0.05) is 18.2 Å². The van der Waals surface area contributed by atoms with Crippen molar-refractivity contribution in [2.24, 2.45) is 0 Å². The lowest BCUT2D eigenvalue weighted by atomic mass is 10.2. The van der Waals surface area contributed by atoms with Crippen molar-refractivity contribution in [2.45, 2.75) is 13.0 Å². The number of aromatic hydroxyl groups is 1. The molecule has 0 saturated heterocycles. The maximum atomic E-state index is 12.1. The van der Waals surface area contributed by atoms with Crippen molar-refractivity contribution in [3.8, 4) is 11.4 Å². The van der Waals surface area contributed by atoms with Crippen LogP contribution in [0.4, 0.5) is 0 Å². The van der Waals surface area contributed by atoms with Crippen LogP contribution in [-0.4, -0.2) is 31.2 Å². The fourth-order valence-electron chi connectivity index (χ4n) is 1.99. The first kappa shape index (κ1) is 14.2. The predicted octanol–water partition coefficient (Wildman–Crippen LogP) is 1.92. The first-order valence-corrected chi connectivity index (χ1v) is 7.45. The highest BCUT2D eigenvalue weighted by Gasteiger charge is 2.19. The maximum absolute atomic E-state index is 12.1. The van der Waals surface area contributed by atoms with Gasteiger partial charge in [-0.25, -0.2) is 0 Å². The van der Waals surface area contributed by atoms with Gasteiger partial charge < -0.3 is 10.4 Å². The van der Waals surface area contributed by atoms with E-state index in [-0.39, 0.29) is 17.7 Å². The van der Waals surface area contributed by atoms with Crippen LogP contribution in [0.1, 0.15) is 28.5 Å². The fourth-order valence-corrected chi connectivity index (χ4v) is 2.67. The molecule has 2 N–H and O–H groups in total. The Kier molecular flexibility index (Phi) is 3.84. The number of thiophene rings is 1. The molecule has 0 aliphatic carbocycles. The topological polar surface area (TPSA) is 92.9 Å². The molecule has 2 heterocycles. The summed E-state index contributed by atoms with van der Waals surface area (Å²) in [4.78, 5) is 12.6. The molecule has 0 fully saturated rings. The first-order chi connectivity index (χ1) is 10.6. The Labute approximate surface area is 130 Å². The molecule has 112 valence electrons. The van der Waals surface area contributed by atoms with Crippen LogP contribution in [0, 0.1) is 0 Å². The Morgan fingerprint density at radius 2 is 2.14 bits per heavy atom. The van der Waals surface area contributed by atoms with Gasteiger partial charge in [0, 0.05) is 11.4 Å². The second-order valence-electron chi connectivity index (χ2n) is 4.65. The zero-order valence-electron chi connectivity index (χ0n) is 11.7. The van der Waals surface area contributed by atoms with E-state index in [4.69, 9.17) is 0 Å². The van der Waals surface area contributed by atoms with Crippen LogP contribution >= 0.6 is 11.3 Å². The van der Waals surface area contributed by atoms with Gasteiger partial charge >= 0.3 is 0 Å². The number of nitrogens with zero attached hydrogens (tertiary/aromatic N) is 4. The molecule has 3 aromatic rings. The third-order valence-electron chi connectivity index (χ3n) is 3.04. The Morgan fingerprint density at radius 3 is 2.82 bits per heavy atom. The van der Waals surface area contributed by atoms with Gasteiger partial charge in [0.2, 0.25) is 0 Å². The molecular weight excluding hydrogens is 302 g/mol. The van der Waals surface area contributed by atoms with Crippen molar-refractivity contribution in [3.63, 3.8) is 0 Å². The highest BCUT2D eigenvalue weighted by Crippen LogP contribution is 2.21. The van der Waals surface area contributed by atoms with Crippen LogP contribution < -0.4 is 5.32 Å². The molecule has 0 aliphatic rings. The summed E-state index contributed by atoms with van der Waals surface area (Å²) < 4.78 is 1.58. The number of hydrogen-bond acceptors (Lipinski definition) is 6. The molecule has 7 nitrogen and oxygen atoms in total. The van der Waals surface area contributed by atoms with E-state index in [1.165, 1.54) is 22.8 Å². The standard InChI is InChI=1S/C14H13N5O2S/c1-9(15-14(21)12-7-11(20)8-22-12)13-16-17-18-19(13)10-5-3-2-4-6-10/h2-9,20H,1H3,(H,15,21)/t9-/m1/s1. The number of hydrogen-bond donors (Lipinski definition) is 2. The summed E-state index contributed by atoms with van der Waals surface area (Å²) in [5, 5.41) is 25.3. The first-order valence-electron chi connectivity index (χ1n) is 6.57. The minimum absolute atomic E-state index is 0.0805. The minimum atomic E-state index is -0.382. The lowest BCUT2D eigenvalue weighted by Gasteiger charge is -2.13. The minimum Gasteiger partial charge on any atom is -0.507 e. The lowest BCUT2D eigenvalue weighted by molar-refractivity contribution is 0.0941. The average Bonchev–Trinajstić information content (AvgIpc) is 3.16. The summed E-state index contributed by atoms with van der Waals surface area (Å²) in [6, 6.07) is 10.5. The Morgan fingerprint density at radius 1 is 1.36 bits per heavy atom. The predicted molar refractivity (Wildman–Crippen MR) is 81.0 cm³/mol. The zero-order chi connectivity index (χ0) is 15.5. The number of rotatable bonds is 4. The van der Waals surface area contributed by atoms with Gasteiger partial charge in [-0.05, 0) is 29.5 Å². The Bertz CT molecular complexity index is 783. The summed E-state index contributed by atoms with van der Waals surface area (Å²) in [6.07, 6.45) is 0. The van der Waals surface area contributed by atoms with Gasteiger partial charge in [0.05, 0.1) is 16.6 Å². The quantitative estimate of drug-likeness (QED) is 0.767. The normalized spacial score (nSPS) is 12.0. The number of carbonyl (C=O) groups excluding carboxylic acids is 1.